The summed E-state index contributed by atoms with van der Waals surface area (Å²) in [4.78, 5) is 12.6. The molecule has 0 aliphatic heterocycles. The second-order valence-electron chi connectivity index (χ2n) is 5.98. The van der Waals surface area contributed by atoms with E-state index in [-0.39, 0.29) is 16.2 Å². The van der Waals surface area contributed by atoms with Gasteiger partial charge in [0.05, 0.1) is 4.99 Å². The van der Waals surface area contributed by atoms with E-state index >= 15 is 0 Å². The first-order valence-electron chi connectivity index (χ1n) is 5.57. The highest BCUT2D eigenvalue weighted by molar-refractivity contribution is 7.80. The quantitative estimate of drug-likeness (QED) is 0.734. The number of nitrogens with two attached hydrogens (primary N) is 1. The molecule has 0 aromatic carbocycles. The summed E-state index contributed by atoms with van der Waals surface area (Å²) >= 11 is 5.03. The predicted molar refractivity (Wildman–Crippen MR) is 64.6 cm³/mol. The Morgan fingerprint density at radius 2 is 2.00 bits per heavy atom. The molecule has 0 aromatic rings. The largest absolute Gasteiger partial charge is 0.393 e. The molecule has 2 fully saturated rings. The maximum atomic E-state index is 12.1. The van der Waals surface area contributed by atoms with Gasteiger partial charge < -0.3 is 5.73 Å². The van der Waals surface area contributed by atoms with Gasteiger partial charge >= 0.3 is 0 Å². The molecule has 3 heteroatoms. The number of fused-ring (bicyclic) bond motifs is 2. The number of carbonyl (C=O) groups excluding carboxylic acids is 1. The number of rotatable bonds is 2. The van der Waals surface area contributed by atoms with Crippen LogP contribution in [0.5, 0.6) is 0 Å². The SMILES string of the molecule is CC1(C)[C@]2(CC(N)=S)CC[C@]1(C)C(=O)C2. The summed E-state index contributed by atoms with van der Waals surface area (Å²) in [5.41, 5.74) is 5.63. The Labute approximate surface area is 96.6 Å². The molecular weight excluding hydrogens is 206 g/mol. The first kappa shape index (κ1) is 11.1. The Hall–Kier alpha value is -0.440. The second-order valence-corrected chi connectivity index (χ2v) is 6.50. The van der Waals surface area contributed by atoms with Crippen molar-refractivity contribution in [2.45, 2.75) is 46.5 Å². The summed E-state index contributed by atoms with van der Waals surface area (Å²) in [5.74, 6) is 0.412. The first-order chi connectivity index (χ1) is 6.75. The molecule has 0 spiro atoms. The molecule has 2 bridgehead atoms. The summed E-state index contributed by atoms with van der Waals surface area (Å²) in [6.45, 7) is 6.54. The van der Waals surface area contributed by atoms with Crippen molar-refractivity contribution in [3.05, 3.63) is 0 Å². The lowest BCUT2D eigenvalue weighted by atomic mass is 9.64. The van der Waals surface area contributed by atoms with Gasteiger partial charge in [0.25, 0.3) is 0 Å². The van der Waals surface area contributed by atoms with Crippen LogP contribution in [0.4, 0.5) is 0 Å². The molecule has 2 nitrogen and oxygen atoms in total. The zero-order chi connectivity index (χ0) is 11.5. The fourth-order valence-electron chi connectivity index (χ4n) is 3.70. The summed E-state index contributed by atoms with van der Waals surface area (Å²) in [7, 11) is 0. The lowest BCUT2D eigenvalue weighted by molar-refractivity contribution is -0.128. The fraction of sp³-hybridized carbons (Fsp3) is 0.833. The van der Waals surface area contributed by atoms with Crippen molar-refractivity contribution in [2.75, 3.05) is 0 Å². The smallest absolute Gasteiger partial charge is 0.139 e. The molecule has 2 saturated carbocycles. The van der Waals surface area contributed by atoms with Crippen molar-refractivity contribution in [1.82, 2.24) is 0 Å². The number of Topliss-reactive ketones (excluding diaryl/α,β-unsaturated/α-hetero) is 1. The number of hydrogen-bond acceptors (Lipinski definition) is 2. The lowest BCUT2D eigenvalue weighted by Gasteiger charge is -2.39. The lowest BCUT2D eigenvalue weighted by Crippen LogP contribution is -2.37. The number of carbonyl (C=O) groups is 1. The van der Waals surface area contributed by atoms with Crippen molar-refractivity contribution >= 4 is 23.0 Å². The first-order valence-corrected chi connectivity index (χ1v) is 5.98. The van der Waals surface area contributed by atoms with Gasteiger partial charge in [-0.15, -0.1) is 0 Å². The molecule has 0 aromatic heterocycles. The Balaban J connectivity index is 2.44. The van der Waals surface area contributed by atoms with Gasteiger partial charge in [0.15, 0.2) is 0 Å². The third kappa shape index (κ3) is 1.10. The van der Waals surface area contributed by atoms with E-state index in [0.717, 1.165) is 19.3 Å². The van der Waals surface area contributed by atoms with E-state index in [0.29, 0.717) is 17.2 Å². The molecule has 2 N–H and O–H groups in total. The van der Waals surface area contributed by atoms with Crippen molar-refractivity contribution in [1.29, 1.82) is 0 Å². The van der Waals surface area contributed by atoms with Crippen LogP contribution in [0, 0.1) is 16.2 Å². The van der Waals surface area contributed by atoms with E-state index in [9.17, 15) is 4.79 Å². The van der Waals surface area contributed by atoms with Crippen LogP contribution < -0.4 is 5.73 Å². The molecule has 0 heterocycles. The van der Waals surface area contributed by atoms with Gasteiger partial charge in [-0.2, -0.15) is 0 Å². The van der Waals surface area contributed by atoms with Crippen LogP contribution in [0.2, 0.25) is 0 Å². The molecule has 2 rings (SSSR count). The van der Waals surface area contributed by atoms with Gasteiger partial charge in [-0.1, -0.05) is 33.0 Å². The van der Waals surface area contributed by atoms with E-state index in [4.69, 9.17) is 18.0 Å². The minimum atomic E-state index is -0.141. The average Bonchev–Trinajstić information content (AvgIpc) is 2.33. The Kier molecular flexibility index (Phi) is 2.08. The third-order valence-electron chi connectivity index (χ3n) is 5.44. The monoisotopic (exact) mass is 225 g/mol. The minimum absolute atomic E-state index is 0.0422. The minimum Gasteiger partial charge on any atom is -0.393 e. The highest BCUT2D eigenvalue weighted by atomic mass is 32.1. The molecule has 2 aliphatic carbocycles. The molecule has 15 heavy (non-hydrogen) atoms. The maximum Gasteiger partial charge on any atom is 0.139 e. The normalized spacial score (nSPS) is 42.2. The van der Waals surface area contributed by atoms with Gasteiger partial charge in [-0.3, -0.25) is 4.79 Å². The standard InChI is InChI=1S/C12H19NOS/c1-10(2)11(3)4-5-12(10,6-8(11)14)7-9(13)15/h4-7H2,1-3H3,(H2,13,15)/t11-,12-/m1/s1. The molecule has 0 radical (unpaired) electrons. The second kappa shape index (κ2) is 2.82. The van der Waals surface area contributed by atoms with E-state index < -0.39 is 0 Å². The van der Waals surface area contributed by atoms with Crippen molar-refractivity contribution in [3.63, 3.8) is 0 Å². The summed E-state index contributed by atoms with van der Waals surface area (Å²) < 4.78 is 0. The molecule has 0 unspecified atom stereocenters. The fourth-order valence-corrected chi connectivity index (χ4v) is 3.98. The highest BCUT2D eigenvalue weighted by Crippen LogP contribution is 2.71. The topological polar surface area (TPSA) is 43.1 Å². The van der Waals surface area contributed by atoms with Crippen LogP contribution in [-0.4, -0.2) is 10.8 Å². The summed E-state index contributed by atoms with van der Waals surface area (Å²) in [6.07, 6.45) is 3.51. The predicted octanol–water partition coefficient (Wildman–Crippen LogP) is 2.45. The van der Waals surface area contributed by atoms with Crippen molar-refractivity contribution in [3.8, 4) is 0 Å². The molecule has 84 valence electrons. The van der Waals surface area contributed by atoms with E-state index in [2.05, 4.69) is 20.8 Å². The van der Waals surface area contributed by atoms with Gasteiger partial charge in [0.1, 0.15) is 5.78 Å². The zero-order valence-electron chi connectivity index (χ0n) is 9.72. The van der Waals surface area contributed by atoms with Crippen LogP contribution in [0.25, 0.3) is 0 Å². The van der Waals surface area contributed by atoms with Crippen molar-refractivity contribution in [2.24, 2.45) is 22.0 Å². The Morgan fingerprint density at radius 1 is 1.40 bits per heavy atom. The Bertz CT molecular complexity index is 346. The number of ketones is 1. The number of hydrogen-bond donors (Lipinski definition) is 1. The van der Waals surface area contributed by atoms with Crippen LogP contribution in [-0.2, 0) is 4.79 Å². The van der Waals surface area contributed by atoms with Gasteiger partial charge in [0, 0.05) is 18.3 Å². The zero-order valence-corrected chi connectivity index (χ0v) is 10.5. The third-order valence-corrected chi connectivity index (χ3v) is 5.58. The van der Waals surface area contributed by atoms with Gasteiger partial charge in [-0.25, -0.2) is 0 Å². The molecule has 0 saturated heterocycles. The van der Waals surface area contributed by atoms with Gasteiger partial charge in [-0.05, 0) is 23.7 Å². The molecule has 2 atom stereocenters. The van der Waals surface area contributed by atoms with E-state index in [1.54, 1.807) is 0 Å². The maximum absolute atomic E-state index is 12.1. The summed E-state index contributed by atoms with van der Waals surface area (Å²) in [6, 6.07) is 0. The molecular formula is C12H19NOS. The van der Waals surface area contributed by atoms with E-state index in [1.807, 2.05) is 0 Å². The average molecular weight is 225 g/mol. The van der Waals surface area contributed by atoms with Crippen LogP contribution in [0.15, 0.2) is 0 Å². The van der Waals surface area contributed by atoms with E-state index in [1.165, 1.54) is 0 Å². The summed E-state index contributed by atoms with van der Waals surface area (Å²) in [5, 5.41) is 0. The molecule has 2 aliphatic rings. The Morgan fingerprint density at radius 3 is 2.33 bits per heavy atom. The van der Waals surface area contributed by atoms with Crippen LogP contribution >= 0.6 is 12.2 Å². The van der Waals surface area contributed by atoms with Crippen molar-refractivity contribution < 1.29 is 4.79 Å². The highest BCUT2D eigenvalue weighted by Gasteiger charge is 2.69. The van der Waals surface area contributed by atoms with Crippen LogP contribution in [0.3, 0.4) is 0 Å². The van der Waals surface area contributed by atoms with Gasteiger partial charge in [0.2, 0.25) is 0 Å². The molecule has 0 amide bonds. The number of thiocarbonyl (C=S) groups is 1. The van der Waals surface area contributed by atoms with Crippen LogP contribution in [0.1, 0.15) is 46.5 Å².